The Bertz CT molecular complexity index is 659. The van der Waals surface area contributed by atoms with Crippen molar-refractivity contribution >= 4 is 11.7 Å². The molecule has 0 aromatic heterocycles. The Balaban J connectivity index is 2.11. The standard InChI is InChI=1S/C14H10F3NO2/c15-11-3-1-2-8(13(11)17)7-20-14(19)10-5-4-9(18)6-12(10)16/h1-6H,7,18H2. The van der Waals surface area contributed by atoms with Gasteiger partial charge >= 0.3 is 5.97 Å². The highest BCUT2D eigenvalue weighted by atomic mass is 19.2. The van der Waals surface area contributed by atoms with Crippen molar-refractivity contribution in [2.45, 2.75) is 6.61 Å². The van der Waals surface area contributed by atoms with Crippen molar-refractivity contribution in [3.8, 4) is 0 Å². The van der Waals surface area contributed by atoms with E-state index in [1.54, 1.807) is 0 Å². The van der Waals surface area contributed by atoms with E-state index in [0.717, 1.165) is 18.2 Å². The molecule has 2 rings (SSSR count). The monoisotopic (exact) mass is 281 g/mol. The minimum Gasteiger partial charge on any atom is -0.457 e. The summed E-state index contributed by atoms with van der Waals surface area (Å²) in [5, 5.41) is 0. The number of carbonyl (C=O) groups excluding carboxylic acids is 1. The fourth-order valence-electron chi connectivity index (χ4n) is 1.58. The number of benzene rings is 2. The lowest BCUT2D eigenvalue weighted by atomic mass is 10.2. The Morgan fingerprint density at radius 1 is 1.10 bits per heavy atom. The van der Waals surface area contributed by atoms with Crippen LogP contribution >= 0.6 is 0 Å². The van der Waals surface area contributed by atoms with Crippen LogP contribution in [0.5, 0.6) is 0 Å². The average Bonchev–Trinajstić information content (AvgIpc) is 2.40. The number of nitrogen functional groups attached to an aromatic ring is 1. The van der Waals surface area contributed by atoms with Gasteiger partial charge in [-0.1, -0.05) is 12.1 Å². The Labute approximate surface area is 112 Å². The summed E-state index contributed by atoms with van der Waals surface area (Å²) in [5.41, 5.74) is 5.05. The van der Waals surface area contributed by atoms with Crippen LogP contribution in [0.25, 0.3) is 0 Å². The lowest BCUT2D eigenvalue weighted by Gasteiger charge is -2.07. The Morgan fingerprint density at radius 3 is 2.55 bits per heavy atom. The molecule has 0 amide bonds. The molecule has 0 atom stereocenters. The second-order valence-electron chi connectivity index (χ2n) is 4.03. The molecule has 0 unspecified atom stereocenters. The Hall–Kier alpha value is -2.50. The van der Waals surface area contributed by atoms with Gasteiger partial charge in [0.15, 0.2) is 11.6 Å². The van der Waals surface area contributed by atoms with Gasteiger partial charge in [-0.25, -0.2) is 18.0 Å². The minimum atomic E-state index is -1.10. The molecule has 20 heavy (non-hydrogen) atoms. The van der Waals surface area contributed by atoms with Gasteiger partial charge in [0.2, 0.25) is 0 Å². The molecule has 0 fully saturated rings. The minimum absolute atomic E-state index is 0.130. The summed E-state index contributed by atoms with van der Waals surface area (Å²) >= 11 is 0. The summed E-state index contributed by atoms with van der Waals surface area (Å²) in [7, 11) is 0. The van der Waals surface area contributed by atoms with E-state index in [-0.39, 0.29) is 16.8 Å². The number of carbonyl (C=O) groups is 1. The number of hydrogen-bond donors (Lipinski definition) is 1. The van der Waals surface area contributed by atoms with E-state index in [1.165, 1.54) is 18.2 Å². The van der Waals surface area contributed by atoms with Gasteiger partial charge in [-0.3, -0.25) is 0 Å². The first-order chi connectivity index (χ1) is 9.49. The Morgan fingerprint density at radius 2 is 1.85 bits per heavy atom. The zero-order valence-electron chi connectivity index (χ0n) is 10.2. The molecule has 2 aromatic rings. The van der Waals surface area contributed by atoms with Crippen LogP contribution in [0.3, 0.4) is 0 Å². The van der Waals surface area contributed by atoms with Crippen LogP contribution in [0.15, 0.2) is 36.4 Å². The van der Waals surface area contributed by atoms with E-state index in [2.05, 4.69) is 0 Å². The summed E-state index contributed by atoms with van der Waals surface area (Å²) in [5.74, 6) is -3.96. The number of nitrogens with two attached hydrogens (primary N) is 1. The van der Waals surface area contributed by atoms with Crippen molar-refractivity contribution < 1.29 is 22.7 Å². The highest BCUT2D eigenvalue weighted by Gasteiger charge is 2.15. The molecule has 0 heterocycles. The predicted molar refractivity (Wildman–Crippen MR) is 66.3 cm³/mol. The number of ether oxygens (including phenoxy) is 1. The third kappa shape index (κ3) is 2.90. The van der Waals surface area contributed by atoms with Crippen molar-refractivity contribution in [3.63, 3.8) is 0 Å². The molecule has 6 heteroatoms. The molecule has 0 aliphatic heterocycles. The SMILES string of the molecule is Nc1ccc(C(=O)OCc2cccc(F)c2F)c(F)c1. The molecule has 0 aliphatic carbocycles. The molecule has 2 aromatic carbocycles. The number of esters is 1. The van der Waals surface area contributed by atoms with Gasteiger partial charge in [-0.15, -0.1) is 0 Å². The number of rotatable bonds is 3. The van der Waals surface area contributed by atoms with Crippen LogP contribution in [0.1, 0.15) is 15.9 Å². The maximum absolute atomic E-state index is 13.5. The van der Waals surface area contributed by atoms with Crippen LogP contribution in [0, 0.1) is 17.5 Å². The molecule has 0 spiro atoms. The maximum Gasteiger partial charge on any atom is 0.341 e. The zero-order chi connectivity index (χ0) is 14.7. The largest absolute Gasteiger partial charge is 0.457 e. The van der Waals surface area contributed by atoms with Crippen molar-refractivity contribution in [2.75, 3.05) is 5.73 Å². The summed E-state index contributed by atoms with van der Waals surface area (Å²) in [6.45, 7) is -0.494. The summed E-state index contributed by atoms with van der Waals surface area (Å²) < 4.78 is 44.5. The van der Waals surface area contributed by atoms with Gasteiger partial charge in [0.1, 0.15) is 12.4 Å². The molecule has 0 saturated carbocycles. The maximum atomic E-state index is 13.5. The first kappa shape index (κ1) is 13.9. The van der Waals surface area contributed by atoms with E-state index in [1.807, 2.05) is 0 Å². The first-order valence-corrected chi connectivity index (χ1v) is 5.64. The topological polar surface area (TPSA) is 52.3 Å². The van der Waals surface area contributed by atoms with Gasteiger partial charge in [-0.05, 0) is 24.3 Å². The van der Waals surface area contributed by atoms with E-state index in [4.69, 9.17) is 10.5 Å². The van der Waals surface area contributed by atoms with Crippen LogP contribution in [0.4, 0.5) is 18.9 Å². The fourth-order valence-corrected chi connectivity index (χ4v) is 1.58. The third-order valence-corrected chi connectivity index (χ3v) is 2.60. The van der Waals surface area contributed by atoms with Crippen molar-refractivity contribution in [1.29, 1.82) is 0 Å². The third-order valence-electron chi connectivity index (χ3n) is 2.60. The number of halogens is 3. The van der Waals surface area contributed by atoms with Crippen molar-refractivity contribution in [1.82, 2.24) is 0 Å². The molecule has 0 radical (unpaired) electrons. The van der Waals surface area contributed by atoms with E-state index < -0.39 is 30.0 Å². The molecule has 104 valence electrons. The average molecular weight is 281 g/mol. The van der Waals surface area contributed by atoms with Crippen LogP contribution in [0.2, 0.25) is 0 Å². The Kier molecular flexibility index (Phi) is 3.93. The van der Waals surface area contributed by atoms with Gasteiger partial charge < -0.3 is 10.5 Å². The highest BCUT2D eigenvalue weighted by Crippen LogP contribution is 2.16. The van der Waals surface area contributed by atoms with E-state index in [9.17, 15) is 18.0 Å². The summed E-state index contributed by atoms with van der Waals surface area (Å²) in [6.07, 6.45) is 0. The summed E-state index contributed by atoms with van der Waals surface area (Å²) in [6, 6.07) is 6.97. The molecule has 2 N–H and O–H groups in total. The molecular weight excluding hydrogens is 271 g/mol. The normalized spacial score (nSPS) is 10.3. The predicted octanol–water partition coefficient (Wildman–Crippen LogP) is 3.04. The summed E-state index contributed by atoms with van der Waals surface area (Å²) in [4.78, 5) is 11.6. The van der Waals surface area contributed by atoms with Gasteiger partial charge in [0.05, 0.1) is 5.56 Å². The molecule has 0 saturated heterocycles. The second-order valence-corrected chi connectivity index (χ2v) is 4.03. The van der Waals surface area contributed by atoms with E-state index in [0.29, 0.717) is 0 Å². The quantitative estimate of drug-likeness (QED) is 0.695. The van der Waals surface area contributed by atoms with E-state index >= 15 is 0 Å². The molecule has 0 aliphatic rings. The van der Waals surface area contributed by atoms with Gasteiger partial charge in [-0.2, -0.15) is 0 Å². The van der Waals surface area contributed by atoms with Gasteiger partial charge in [0.25, 0.3) is 0 Å². The van der Waals surface area contributed by atoms with Crippen molar-refractivity contribution in [3.05, 3.63) is 65.0 Å². The first-order valence-electron chi connectivity index (χ1n) is 5.64. The smallest absolute Gasteiger partial charge is 0.341 e. The van der Waals surface area contributed by atoms with Crippen molar-refractivity contribution in [2.24, 2.45) is 0 Å². The number of anilines is 1. The molecule has 0 bridgehead atoms. The zero-order valence-corrected chi connectivity index (χ0v) is 10.2. The fraction of sp³-hybridized carbons (Fsp3) is 0.0714. The highest BCUT2D eigenvalue weighted by molar-refractivity contribution is 5.90. The lowest BCUT2D eigenvalue weighted by molar-refractivity contribution is 0.0463. The molecule has 3 nitrogen and oxygen atoms in total. The molecular formula is C14H10F3NO2. The number of hydrogen-bond acceptors (Lipinski definition) is 3. The van der Waals surface area contributed by atoms with Crippen LogP contribution in [-0.4, -0.2) is 5.97 Å². The van der Waals surface area contributed by atoms with Crippen LogP contribution < -0.4 is 5.73 Å². The van der Waals surface area contributed by atoms with Gasteiger partial charge in [0, 0.05) is 11.3 Å². The lowest BCUT2D eigenvalue weighted by Crippen LogP contribution is -2.09. The second kappa shape index (κ2) is 5.64. The van der Waals surface area contributed by atoms with Crippen LogP contribution in [-0.2, 0) is 11.3 Å².